The quantitative estimate of drug-likeness (QED) is 0.353. The number of likely N-dealkylation sites (N-methyl/N-ethyl adjacent to an activating group) is 1. The average molecular weight is 419 g/mol. The Hall–Kier alpha value is -2.71. The second-order valence-electron chi connectivity index (χ2n) is 6.73. The van der Waals surface area contributed by atoms with Gasteiger partial charge in [-0.05, 0) is 56.2 Å². The zero-order valence-electron chi connectivity index (χ0n) is 17.0. The Morgan fingerprint density at radius 2 is 1.55 bits per heavy atom. The summed E-state index contributed by atoms with van der Waals surface area (Å²) >= 11 is 0. The molecular formula is C21H25NO6S. The van der Waals surface area contributed by atoms with Crippen molar-refractivity contribution in [1.82, 2.24) is 4.31 Å². The Kier molecular flexibility index (Phi) is 7.53. The molecule has 0 heterocycles. The molecule has 0 saturated carbocycles. The molecule has 8 heteroatoms. The molecule has 2 aromatic rings. The number of rotatable bonds is 9. The van der Waals surface area contributed by atoms with Gasteiger partial charge in [-0.3, -0.25) is 9.59 Å². The summed E-state index contributed by atoms with van der Waals surface area (Å²) in [6.45, 7) is 5.06. The number of hydrogen-bond donors (Lipinski definition) is 0. The molecule has 0 bridgehead atoms. The number of ketones is 1. The van der Waals surface area contributed by atoms with E-state index in [2.05, 4.69) is 0 Å². The number of sulfonamides is 1. The van der Waals surface area contributed by atoms with Gasteiger partial charge in [-0.1, -0.05) is 18.2 Å². The van der Waals surface area contributed by atoms with Crippen LogP contribution in [-0.4, -0.2) is 51.3 Å². The number of ether oxygens (including phenoxy) is 2. The minimum Gasteiger partial charge on any atom is -0.490 e. The zero-order chi connectivity index (χ0) is 21.6. The smallest absolute Gasteiger partial charge is 0.321 e. The summed E-state index contributed by atoms with van der Waals surface area (Å²) in [7, 11) is -2.58. The number of esters is 1. The third kappa shape index (κ3) is 6.40. The molecule has 0 aliphatic heterocycles. The maximum absolute atomic E-state index is 12.5. The fourth-order valence-electron chi connectivity index (χ4n) is 2.69. The third-order valence-corrected chi connectivity index (χ3v) is 5.95. The lowest BCUT2D eigenvalue weighted by Gasteiger charge is -2.16. The predicted molar refractivity (Wildman–Crippen MR) is 109 cm³/mol. The lowest BCUT2D eigenvalue weighted by Crippen LogP contribution is -2.33. The van der Waals surface area contributed by atoms with Crippen LogP contribution >= 0.6 is 0 Å². The summed E-state index contributed by atoms with van der Waals surface area (Å²) in [5, 5.41) is 0. The van der Waals surface area contributed by atoms with Crippen molar-refractivity contribution < 1.29 is 27.5 Å². The van der Waals surface area contributed by atoms with Crippen LogP contribution in [0.1, 0.15) is 28.4 Å². The van der Waals surface area contributed by atoms with Gasteiger partial charge in [-0.2, -0.15) is 4.31 Å². The summed E-state index contributed by atoms with van der Waals surface area (Å²) in [4.78, 5) is 23.3. The minimum atomic E-state index is -3.87. The Morgan fingerprint density at radius 1 is 0.966 bits per heavy atom. The van der Waals surface area contributed by atoms with Gasteiger partial charge in [-0.25, -0.2) is 8.42 Å². The Morgan fingerprint density at radius 3 is 2.10 bits per heavy atom. The van der Waals surface area contributed by atoms with E-state index in [1.807, 2.05) is 32.0 Å². The van der Waals surface area contributed by atoms with E-state index in [1.165, 1.54) is 38.2 Å². The van der Waals surface area contributed by atoms with Crippen LogP contribution in [0.4, 0.5) is 0 Å². The van der Waals surface area contributed by atoms with Gasteiger partial charge in [0.25, 0.3) is 0 Å². The van der Waals surface area contributed by atoms with Crippen LogP contribution in [0, 0.1) is 13.8 Å². The highest BCUT2D eigenvalue weighted by molar-refractivity contribution is 7.89. The van der Waals surface area contributed by atoms with Crippen LogP contribution in [0.3, 0.4) is 0 Å². The molecule has 156 valence electrons. The molecule has 0 fully saturated rings. The van der Waals surface area contributed by atoms with E-state index in [0.717, 1.165) is 15.4 Å². The molecular weight excluding hydrogens is 394 g/mol. The normalized spacial score (nSPS) is 11.3. The van der Waals surface area contributed by atoms with Crippen molar-refractivity contribution >= 4 is 21.8 Å². The van der Waals surface area contributed by atoms with Crippen LogP contribution in [-0.2, 0) is 19.6 Å². The fraction of sp³-hybridized carbons (Fsp3) is 0.333. The number of hydrogen-bond acceptors (Lipinski definition) is 6. The van der Waals surface area contributed by atoms with Crippen LogP contribution in [0.25, 0.3) is 0 Å². The number of carbonyl (C=O) groups excluding carboxylic acids is 2. The maximum Gasteiger partial charge on any atom is 0.321 e. The van der Waals surface area contributed by atoms with E-state index < -0.39 is 22.5 Å². The number of aryl methyl sites for hydroxylation is 2. The van der Waals surface area contributed by atoms with Gasteiger partial charge in [0.2, 0.25) is 10.0 Å². The molecule has 0 aliphatic rings. The SMILES string of the molecule is CC(=O)c1ccc(S(=O)(=O)N(C)CC(=O)OCCOc2cc(C)cc(C)c2)cc1. The molecule has 0 amide bonds. The lowest BCUT2D eigenvalue weighted by molar-refractivity contribution is -0.144. The summed E-state index contributed by atoms with van der Waals surface area (Å²) in [5.74, 6) is -0.151. The van der Waals surface area contributed by atoms with Crippen LogP contribution in [0.15, 0.2) is 47.4 Å². The summed E-state index contributed by atoms with van der Waals surface area (Å²) in [6, 6.07) is 11.3. The Bertz CT molecular complexity index is 962. The van der Waals surface area contributed by atoms with Crippen molar-refractivity contribution in [1.29, 1.82) is 0 Å². The van der Waals surface area contributed by atoms with Gasteiger partial charge in [0.1, 0.15) is 25.5 Å². The van der Waals surface area contributed by atoms with Crippen molar-refractivity contribution in [2.45, 2.75) is 25.7 Å². The molecule has 0 unspecified atom stereocenters. The van der Waals surface area contributed by atoms with Crippen LogP contribution in [0.2, 0.25) is 0 Å². The van der Waals surface area contributed by atoms with E-state index in [1.54, 1.807) is 0 Å². The number of Topliss-reactive ketones (excluding diaryl/α,β-unsaturated/α-hetero) is 1. The Labute approximate surface area is 171 Å². The molecule has 0 aliphatic carbocycles. The first-order valence-electron chi connectivity index (χ1n) is 9.03. The molecule has 2 rings (SSSR count). The summed E-state index contributed by atoms with van der Waals surface area (Å²) < 4.78 is 36.6. The van der Waals surface area contributed by atoms with Crippen molar-refractivity contribution in [3.63, 3.8) is 0 Å². The molecule has 0 spiro atoms. The monoisotopic (exact) mass is 419 g/mol. The first kappa shape index (κ1) is 22.6. The standard InChI is InChI=1S/C21H25NO6S/c1-15-11-16(2)13-19(12-15)27-9-10-28-21(24)14-22(4)29(25,26)20-7-5-18(6-8-20)17(3)23/h5-8,11-13H,9-10,14H2,1-4H3. The highest BCUT2D eigenvalue weighted by Gasteiger charge is 2.23. The fourth-order valence-corrected chi connectivity index (χ4v) is 3.80. The molecule has 0 atom stereocenters. The van der Waals surface area contributed by atoms with Crippen molar-refractivity contribution in [2.24, 2.45) is 0 Å². The van der Waals surface area contributed by atoms with Crippen LogP contribution in [0.5, 0.6) is 5.75 Å². The van der Waals surface area contributed by atoms with Crippen molar-refractivity contribution in [3.8, 4) is 5.75 Å². The number of nitrogens with zero attached hydrogens (tertiary/aromatic N) is 1. The van der Waals surface area contributed by atoms with Gasteiger partial charge in [0.05, 0.1) is 4.90 Å². The molecule has 29 heavy (non-hydrogen) atoms. The first-order chi connectivity index (χ1) is 13.6. The van der Waals surface area contributed by atoms with E-state index >= 15 is 0 Å². The Balaban J connectivity index is 1.85. The first-order valence-corrected chi connectivity index (χ1v) is 10.5. The molecule has 0 N–H and O–H groups in total. The van der Waals surface area contributed by atoms with Crippen LogP contribution < -0.4 is 4.74 Å². The zero-order valence-corrected chi connectivity index (χ0v) is 17.8. The minimum absolute atomic E-state index is 0.00375. The second-order valence-corrected chi connectivity index (χ2v) is 8.78. The summed E-state index contributed by atoms with van der Waals surface area (Å²) in [5.41, 5.74) is 2.55. The van der Waals surface area contributed by atoms with Gasteiger partial charge < -0.3 is 9.47 Å². The van der Waals surface area contributed by atoms with Gasteiger partial charge in [0, 0.05) is 12.6 Å². The van der Waals surface area contributed by atoms with E-state index in [0.29, 0.717) is 11.3 Å². The number of benzene rings is 2. The second kappa shape index (κ2) is 9.67. The summed E-state index contributed by atoms with van der Waals surface area (Å²) in [6.07, 6.45) is 0. The van der Waals surface area contributed by atoms with Gasteiger partial charge in [-0.15, -0.1) is 0 Å². The third-order valence-electron chi connectivity index (χ3n) is 4.13. The molecule has 7 nitrogen and oxygen atoms in total. The number of carbonyl (C=O) groups is 2. The van der Waals surface area contributed by atoms with Crippen molar-refractivity contribution in [2.75, 3.05) is 26.8 Å². The van der Waals surface area contributed by atoms with Gasteiger partial charge in [0.15, 0.2) is 5.78 Å². The largest absolute Gasteiger partial charge is 0.490 e. The molecule has 0 aromatic heterocycles. The van der Waals surface area contributed by atoms with Gasteiger partial charge >= 0.3 is 5.97 Å². The maximum atomic E-state index is 12.5. The lowest BCUT2D eigenvalue weighted by atomic mass is 10.1. The van der Waals surface area contributed by atoms with E-state index in [-0.39, 0.29) is 23.9 Å². The molecule has 2 aromatic carbocycles. The van der Waals surface area contributed by atoms with Crippen molar-refractivity contribution in [3.05, 3.63) is 59.2 Å². The topological polar surface area (TPSA) is 90.0 Å². The van der Waals surface area contributed by atoms with E-state index in [9.17, 15) is 18.0 Å². The molecule has 0 saturated heterocycles. The highest BCUT2D eigenvalue weighted by Crippen LogP contribution is 2.17. The molecule has 0 radical (unpaired) electrons. The average Bonchev–Trinajstić information content (AvgIpc) is 2.64. The highest BCUT2D eigenvalue weighted by atomic mass is 32.2. The van der Waals surface area contributed by atoms with E-state index in [4.69, 9.17) is 9.47 Å². The predicted octanol–water partition coefficient (Wildman–Crippen LogP) is 2.75.